The average Bonchev–Trinajstić information content (AvgIpc) is 2.53. The molecule has 0 amide bonds. The molecule has 0 saturated carbocycles. The van der Waals surface area contributed by atoms with Crippen molar-refractivity contribution in [2.24, 2.45) is 0 Å². The van der Waals surface area contributed by atoms with E-state index in [0.717, 1.165) is 22.3 Å². The van der Waals surface area contributed by atoms with E-state index in [9.17, 15) is 0 Å². The predicted molar refractivity (Wildman–Crippen MR) is 82.5 cm³/mol. The molecule has 0 saturated heterocycles. The van der Waals surface area contributed by atoms with Crippen molar-refractivity contribution in [3.05, 3.63) is 72.9 Å². The van der Waals surface area contributed by atoms with Crippen LogP contribution in [0.1, 0.15) is 0 Å². The molecule has 20 heavy (non-hydrogen) atoms. The van der Waals surface area contributed by atoms with Crippen molar-refractivity contribution in [3.63, 3.8) is 0 Å². The van der Waals surface area contributed by atoms with Gasteiger partial charge in [0.15, 0.2) is 0 Å². The van der Waals surface area contributed by atoms with E-state index in [-0.39, 0.29) is 0 Å². The van der Waals surface area contributed by atoms with Gasteiger partial charge in [0.2, 0.25) is 0 Å². The normalized spacial score (nSPS) is 11.0. The van der Waals surface area contributed by atoms with Crippen molar-refractivity contribution in [2.45, 2.75) is 0 Å². The van der Waals surface area contributed by atoms with E-state index in [0.29, 0.717) is 0 Å². The van der Waals surface area contributed by atoms with Gasteiger partial charge in [-0.1, -0.05) is 54.6 Å². The molecule has 94 valence electrons. The lowest BCUT2D eigenvalue weighted by molar-refractivity contribution is 1.30. The Morgan fingerprint density at radius 2 is 1.30 bits per heavy atom. The molecule has 4 rings (SSSR count). The number of rotatable bonds is 1. The summed E-state index contributed by atoms with van der Waals surface area (Å²) < 4.78 is 0. The second-order valence-electron chi connectivity index (χ2n) is 4.81. The summed E-state index contributed by atoms with van der Waals surface area (Å²) in [5.41, 5.74) is 3.87. The van der Waals surface area contributed by atoms with E-state index in [2.05, 4.69) is 41.4 Å². The minimum absolute atomic E-state index is 0.911. The Bertz CT molecular complexity index is 899. The number of hydrogen-bond acceptors (Lipinski definition) is 2. The maximum atomic E-state index is 4.73. The lowest BCUT2D eigenvalue weighted by Crippen LogP contribution is -1.88. The first-order valence-corrected chi connectivity index (χ1v) is 6.61. The van der Waals surface area contributed by atoms with Gasteiger partial charge in [-0.2, -0.15) is 0 Å². The number of hydrogen-bond donors (Lipinski definition) is 0. The second kappa shape index (κ2) is 4.42. The third-order valence-corrected chi connectivity index (χ3v) is 3.48. The summed E-state index contributed by atoms with van der Waals surface area (Å²) >= 11 is 0. The molecule has 0 radical (unpaired) electrons. The molecule has 0 bridgehead atoms. The van der Waals surface area contributed by atoms with Crippen LogP contribution in [0.15, 0.2) is 72.9 Å². The van der Waals surface area contributed by atoms with Crippen LogP contribution in [0.3, 0.4) is 0 Å². The maximum absolute atomic E-state index is 4.73. The number of aromatic nitrogens is 2. The highest BCUT2D eigenvalue weighted by Gasteiger charge is 2.03. The SMILES string of the molecule is c1ccc(-c2cnc3cc4ccccc4cc3n2)cc1. The number of nitrogens with zero attached hydrogens (tertiary/aromatic N) is 2. The molecule has 0 aliphatic rings. The van der Waals surface area contributed by atoms with Crippen molar-refractivity contribution in [2.75, 3.05) is 0 Å². The van der Waals surface area contributed by atoms with Crippen LogP contribution in [0, 0.1) is 0 Å². The molecular formula is C18H12N2. The lowest BCUT2D eigenvalue weighted by Gasteiger charge is -2.04. The Hall–Kier alpha value is -2.74. The van der Waals surface area contributed by atoms with E-state index >= 15 is 0 Å². The zero-order valence-electron chi connectivity index (χ0n) is 10.8. The van der Waals surface area contributed by atoms with Gasteiger partial charge in [-0.05, 0) is 22.9 Å². The molecule has 0 unspecified atom stereocenters. The molecule has 1 aromatic heterocycles. The van der Waals surface area contributed by atoms with E-state index in [1.54, 1.807) is 0 Å². The predicted octanol–water partition coefficient (Wildman–Crippen LogP) is 4.45. The fraction of sp³-hybridized carbons (Fsp3) is 0. The van der Waals surface area contributed by atoms with Gasteiger partial charge in [0.1, 0.15) is 0 Å². The van der Waals surface area contributed by atoms with Crippen LogP contribution in [-0.4, -0.2) is 9.97 Å². The molecule has 0 N–H and O–H groups in total. The number of fused-ring (bicyclic) bond motifs is 2. The second-order valence-corrected chi connectivity index (χ2v) is 4.81. The first-order valence-electron chi connectivity index (χ1n) is 6.61. The Labute approximate surface area is 116 Å². The average molecular weight is 256 g/mol. The van der Waals surface area contributed by atoms with E-state index in [4.69, 9.17) is 4.98 Å². The van der Waals surface area contributed by atoms with Crippen LogP contribution in [0.5, 0.6) is 0 Å². The number of benzene rings is 3. The van der Waals surface area contributed by atoms with Crippen molar-refractivity contribution < 1.29 is 0 Å². The standard InChI is InChI=1S/C18H12N2/c1-2-6-13(7-3-1)18-12-19-16-10-14-8-4-5-9-15(14)11-17(16)20-18/h1-12H. The summed E-state index contributed by atoms with van der Waals surface area (Å²) in [5, 5.41) is 2.39. The van der Waals surface area contributed by atoms with E-state index < -0.39 is 0 Å². The topological polar surface area (TPSA) is 25.8 Å². The van der Waals surface area contributed by atoms with E-state index in [1.165, 1.54) is 10.8 Å². The summed E-state index contributed by atoms with van der Waals surface area (Å²) in [6.07, 6.45) is 1.84. The molecule has 0 spiro atoms. The molecular weight excluding hydrogens is 244 g/mol. The molecule has 2 nitrogen and oxygen atoms in total. The molecule has 3 aromatic carbocycles. The quantitative estimate of drug-likeness (QED) is 0.470. The highest BCUT2D eigenvalue weighted by atomic mass is 14.8. The zero-order chi connectivity index (χ0) is 13.4. The van der Waals surface area contributed by atoms with Crippen molar-refractivity contribution in [1.29, 1.82) is 0 Å². The van der Waals surface area contributed by atoms with Crippen LogP contribution in [0.4, 0.5) is 0 Å². The fourth-order valence-corrected chi connectivity index (χ4v) is 2.45. The molecule has 4 aromatic rings. The van der Waals surface area contributed by atoms with Gasteiger partial charge in [0, 0.05) is 5.56 Å². The van der Waals surface area contributed by atoms with Crippen LogP contribution in [0.25, 0.3) is 33.1 Å². The molecule has 2 heteroatoms. The van der Waals surface area contributed by atoms with Gasteiger partial charge in [0.05, 0.1) is 22.9 Å². The summed E-state index contributed by atoms with van der Waals surface area (Å²) in [4.78, 5) is 9.28. The van der Waals surface area contributed by atoms with Crippen LogP contribution < -0.4 is 0 Å². The van der Waals surface area contributed by atoms with Crippen molar-refractivity contribution in [1.82, 2.24) is 9.97 Å². The third-order valence-electron chi connectivity index (χ3n) is 3.48. The van der Waals surface area contributed by atoms with Gasteiger partial charge in [-0.15, -0.1) is 0 Å². The van der Waals surface area contributed by atoms with Crippen molar-refractivity contribution in [3.8, 4) is 11.3 Å². The van der Waals surface area contributed by atoms with E-state index in [1.807, 2.05) is 36.5 Å². The molecule has 0 aliphatic carbocycles. The zero-order valence-corrected chi connectivity index (χ0v) is 10.8. The Kier molecular flexibility index (Phi) is 2.46. The summed E-state index contributed by atoms with van der Waals surface area (Å²) in [6.45, 7) is 0. The maximum Gasteiger partial charge on any atom is 0.0900 e. The molecule has 0 atom stereocenters. The van der Waals surface area contributed by atoms with Crippen LogP contribution in [0.2, 0.25) is 0 Å². The van der Waals surface area contributed by atoms with Crippen LogP contribution in [-0.2, 0) is 0 Å². The van der Waals surface area contributed by atoms with Gasteiger partial charge in [-0.3, -0.25) is 4.98 Å². The smallest absolute Gasteiger partial charge is 0.0900 e. The minimum Gasteiger partial charge on any atom is -0.252 e. The Morgan fingerprint density at radius 1 is 0.650 bits per heavy atom. The molecule has 1 heterocycles. The molecule has 0 fully saturated rings. The van der Waals surface area contributed by atoms with Gasteiger partial charge >= 0.3 is 0 Å². The summed E-state index contributed by atoms with van der Waals surface area (Å²) in [7, 11) is 0. The summed E-state index contributed by atoms with van der Waals surface area (Å²) in [5.74, 6) is 0. The van der Waals surface area contributed by atoms with Gasteiger partial charge in [-0.25, -0.2) is 4.98 Å². The Balaban J connectivity index is 1.97. The lowest BCUT2D eigenvalue weighted by atomic mass is 10.1. The fourth-order valence-electron chi connectivity index (χ4n) is 2.45. The monoisotopic (exact) mass is 256 g/mol. The first kappa shape index (κ1) is 11.1. The highest BCUT2D eigenvalue weighted by Crippen LogP contribution is 2.23. The molecule has 0 aliphatic heterocycles. The Morgan fingerprint density at radius 3 is 2.05 bits per heavy atom. The van der Waals surface area contributed by atoms with Gasteiger partial charge < -0.3 is 0 Å². The summed E-state index contributed by atoms with van der Waals surface area (Å²) in [6, 6.07) is 22.6. The third kappa shape index (κ3) is 1.82. The van der Waals surface area contributed by atoms with Crippen LogP contribution >= 0.6 is 0 Å². The largest absolute Gasteiger partial charge is 0.252 e. The minimum atomic E-state index is 0.911. The van der Waals surface area contributed by atoms with Gasteiger partial charge in [0.25, 0.3) is 0 Å². The first-order chi connectivity index (χ1) is 9.90. The van der Waals surface area contributed by atoms with Crippen molar-refractivity contribution >= 4 is 21.8 Å². The highest BCUT2D eigenvalue weighted by molar-refractivity contribution is 5.95.